The minimum atomic E-state index is -4.97. The first-order valence-electron chi connectivity index (χ1n) is 10.0. The van der Waals surface area contributed by atoms with E-state index in [0.29, 0.717) is 21.2 Å². The Labute approximate surface area is 202 Å². The molecule has 34 heavy (non-hydrogen) atoms. The van der Waals surface area contributed by atoms with Crippen LogP contribution in [0.2, 0.25) is 10.0 Å². The summed E-state index contributed by atoms with van der Waals surface area (Å²) in [5, 5.41) is 0.677. The molecule has 0 spiro atoms. The van der Waals surface area contributed by atoms with E-state index in [-0.39, 0.29) is 29.1 Å². The van der Waals surface area contributed by atoms with E-state index in [1.54, 1.807) is 50.2 Å². The predicted octanol–water partition coefficient (Wildman–Crippen LogP) is 8.11. The maximum absolute atomic E-state index is 13.8. The van der Waals surface area contributed by atoms with Crippen molar-refractivity contribution >= 4 is 34.2 Å². The fourth-order valence-electron chi connectivity index (χ4n) is 3.28. The Morgan fingerprint density at radius 1 is 0.971 bits per heavy atom. The monoisotopic (exact) mass is 508 g/mol. The maximum atomic E-state index is 13.8. The molecule has 4 nitrogen and oxygen atoms in total. The lowest BCUT2D eigenvalue weighted by molar-refractivity contribution is -0.154. The second-order valence-corrected chi connectivity index (χ2v) is 8.42. The zero-order valence-corrected chi connectivity index (χ0v) is 19.4. The Balaban J connectivity index is 1.76. The first kappa shape index (κ1) is 24.0. The smallest absolute Gasteiger partial charge is 0.453 e. The molecule has 1 heterocycles. The first-order chi connectivity index (χ1) is 16.0. The average Bonchev–Trinajstić information content (AvgIpc) is 2.76. The quantitative estimate of drug-likeness (QED) is 0.273. The van der Waals surface area contributed by atoms with Gasteiger partial charge in [0.1, 0.15) is 23.7 Å². The fraction of sp³-hybridized carbons (Fsp3) is 0.160. The number of alkyl halides is 3. The van der Waals surface area contributed by atoms with Gasteiger partial charge in [0.25, 0.3) is 5.76 Å². The van der Waals surface area contributed by atoms with Crippen LogP contribution in [0.15, 0.2) is 63.8 Å². The third kappa shape index (κ3) is 4.86. The lowest BCUT2D eigenvalue weighted by Crippen LogP contribution is -2.15. The van der Waals surface area contributed by atoms with Gasteiger partial charge in [-0.25, -0.2) is 0 Å². The summed E-state index contributed by atoms with van der Waals surface area (Å²) in [7, 11) is 0. The van der Waals surface area contributed by atoms with Crippen molar-refractivity contribution in [3.8, 4) is 17.2 Å². The lowest BCUT2D eigenvalue weighted by Gasteiger charge is -2.15. The molecule has 0 aliphatic carbocycles. The van der Waals surface area contributed by atoms with E-state index in [9.17, 15) is 18.0 Å². The van der Waals surface area contributed by atoms with Gasteiger partial charge in [-0.3, -0.25) is 4.79 Å². The maximum Gasteiger partial charge on any atom is 0.453 e. The van der Waals surface area contributed by atoms with Crippen molar-refractivity contribution in [3.05, 3.63) is 97.3 Å². The Bertz CT molecular complexity index is 1420. The molecule has 4 aromatic rings. The van der Waals surface area contributed by atoms with E-state index in [1.165, 1.54) is 18.2 Å². The summed E-state index contributed by atoms with van der Waals surface area (Å²) in [5.74, 6) is -2.15. The van der Waals surface area contributed by atoms with E-state index in [1.807, 2.05) is 0 Å². The molecule has 0 fully saturated rings. The number of fused-ring (bicyclic) bond motifs is 1. The third-order valence-electron chi connectivity index (χ3n) is 5.08. The lowest BCUT2D eigenvalue weighted by atomic mass is 10.1. The van der Waals surface area contributed by atoms with Gasteiger partial charge in [0.15, 0.2) is 0 Å². The summed E-state index contributed by atoms with van der Waals surface area (Å²) >= 11 is 12.2. The minimum absolute atomic E-state index is 0.0335. The molecule has 0 saturated heterocycles. The van der Waals surface area contributed by atoms with Gasteiger partial charge in [-0.1, -0.05) is 41.4 Å². The molecule has 0 aliphatic heterocycles. The highest BCUT2D eigenvalue weighted by Crippen LogP contribution is 2.39. The topological polar surface area (TPSA) is 48.7 Å². The van der Waals surface area contributed by atoms with Gasteiger partial charge >= 0.3 is 6.18 Å². The number of benzene rings is 3. The molecule has 0 atom stereocenters. The van der Waals surface area contributed by atoms with Crippen LogP contribution in [0.1, 0.15) is 22.5 Å². The molecule has 3 aromatic carbocycles. The summed E-state index contributed by atoms with van der Waals surface area (Å²) in [6, 6.07) is 13.9. The molecular weight excluding hydrogens is 492 g/mol. The van der Waals surface area contributed by atoms with Crippen LogP contribution in [-0.4, -0.2) is 0 Å². The van der Waals surface area contributed by atoms with Crippen LogP contribution in [0, 0.1) is 13.8 Å². The minimum Gasteiger partial charge on any atom is -0.489 e. The second kappa shape index (κ2) is 9.24. The number of ether oxygens (including phenoxy) is 2. The van der Waals surface area contributed by atoms with Crippen molar-refractivity contribution in [2.45, 2.75) is 26.6 Å². The van der Waals surface area contributed by atoms with Crippen LogP contribution < -0.4 is 14.9 Å². The van der Waals surface area contributed by atoms with Crippen molar-refractivity contribution in [1.29, 1.82) is 0 Å². The molecule has 0 bridgehead atoms. The SMILES string of the molecule is Cc1ccc(C)c(Oc2c(C(F)(F)F)oc3cc(OCc4c(Cl)cccc4Cl)ccc3c2=O)c1. The van der Waals surface area contributed by atoms with Gasteiger partial charge in [0, 0.05) is 21.7 Å². The van der Waals surface area contributed by atoms with Gasteiger partial charge < -0.3 is 13.9 Å². The van der Waals surface area contributed by atoms with E-state index in [2.05, 4.69) is 0 Å². The number of aryl methyl sites for hydroxylation is 2. The van der Waals surface area contributed by atoms with Gasteiger partial charge in [-0.15, -0.1) is 0 Å². The van der Waals surface area contributed by atoms with Gasteiger partial charge in [0.2, 0.25) is 11.2 Å². The van der Waals surface area contributed by atoms with E-state index in [4.69, 9.17) is 37.1 Å². The Morgan fingerprint density at radius 3 is 2.35 bits per heavy atom. The van der Waals surface area contributed by atoms with Crippen molar-refractivity contribution in [2.24, 2.45) is 0 Å². The Kier molecular flexibility index (Phi) is 6.51. The molecule has 0 amide bonds. The summed E-state index contributed by atoms with van der Waals surface area (Å²) in [4.78, 5) is 13.0. The Hall–Kier alpha value is -3.16. The third-order valence-corrected chi connectivity index (χ3v) is 5.79. The molecule has 0 unspecified atom stereocenters. The van der Waals surface area contributed by atoms with Gasteiger partial charge in [0.05, 0.1) is 5.39 Å². The average molecular weight is 509 g/mol. The number of hydrogen-bond donors (Lipinski definition) is 0. The van der Waals surface area contributed by atoms with Gasteiger partial charge in [-0.05, 0) is 55.3 Å². The molecule has 0 N–H and O–H groups in total. The van der Waals surface area contributed by atoms with Crippen LogP contribution in [0.3, 0.4) is 0 Å². The van der Waals surface area contributed by atoms with Crippen LogP contribution in [0.5, 0.6) is 17.2 Å². The second-order valence-electron chi connectivity index (χ2n) is 7.61. The number of rotatable bonds is 5. The molecule has 0 aliphatic rings. The summed E-state index contributed by atoms with van der Waals surface area (Å²) in [6.07, 6.45) is -4.97. The van der Waals surface area contributed by atoms with Crippen LogP contribution in [-0.2, 0) is 12.8 Å². The van der Waals surface area contributed by atoms with E-state index < -0.39 is 23.1 Å². The first-order valence-corrected chi connectivity index (χ1v) is 10.8. The standard InChI is InChI=1S/C25H17Cl2F3O4/c1-13-6-7-14(2)20(10-13)33-23-22(31)16-9-8-15(11-21(16)34-24(23)25(28,29)30)32-12-17-18(26)4-3-5-19(17)27/h3-11H,12H2,1-2H3. The van der Waals surface area contributed by atoms with Crippen molar-refractivity contribution in [2.75, 3.05) is 0 Å². The fourth-order valence-corrected chi connectivity index (χ4v) is 3.79. The van der Waals surface area contributed by atoms with Crippen molar-refractivity contribution < 1.29 is 27.1 Å². The highest BCUT2D eigenvalue weighted by Gasteiger charge is 2.40. The molecule has 1 aromatic heterocycles. The number of halogens is 5. The highest BCUT2D eigenvalue weighted by atomic mass is 35.5. The van der Waals surface area contributed by atoms with Crippen LogP contribution in [0.4, 0.5) is 13.2 Å². The zero-order chi connectivity index (χ0) is 24.6. The van der Waals surface area contributed by atoms with Crippen LogP contribution in [0.25, 0.3) is 11.0 Å². The summed E-state index contributed by atoms with van der Waals surface area (Å²) in [6.45, 7) is 3.39. The zero-order valence-electron chi connectivity index (χ0n) is 17.9. The molecule has 4 rings (SSSR count). The predicted molar refractivity (Wildman–Crippen MR) is 124 cm³/mol. The highest BCUT2D eigenvalue weighted by molar-refractivity contribution is 6.35. The normalized spacial score (nSPS) is 11.6. The molecular formula is C25H17Cl2F3O4. The van der Waals surface area contributed by atoms with Crippen molar-refractivity contribution in [3.63, 3.8) is 0 Å². The Morgan fingerprint density at radius 2 is 1.68 bits per heavy atom. The molecule has 0 saturated carbocycles. The molecule has 0 radical (unpaired) electrons. The van der Waals surface area contributed by atoms with Crippen LogP contribution >= 0.6 is 23.2 Å². The van der Waals surface area contributed by atoms with Gasteiger partial charge in [-0.2, -0.15) is 13.2 Å². The summed E-state index contributed by atoms with van der Waals surface area (Å²) < 4.78 is 57.7. The summed E-state index contributed by atoms with van der Waals surface area (Å²) in [5.41, 5.74) is 0.601. The van der Waals surface area contributed by atoms with Crippen molar-refractivity contribution in [1.82, 2.24) is 0 Å². The molecule has 9 heteroatoms. The number of hydrogen-bond acceptors (Lipinski definition) is 4. The largest absolute Gasteiger partial charge is 0.489 e. The molecule has 176 valence electrons. The van der Waals surface area contributed by atoms with E-state index in [0.717, 1.165) is 5.56 Å². The van der Waals surface area contributed by atoms with E-state index >= 15 is 0 Å².